The highest BCUT2D eigenvalue weighted by atomic mass is 19.1. The van der Waals surface area contributed by atoms with E-state index in [1.807, 2.05) is 30.3 Å². The van der Waals surface area contributed by atoms with Gasteiger partial charge in [0.25, 0.3) is 0 Å². The molecule has 7 heteroatoms. The number of fused-ring (bicyclic) bond motifs is 3. The highest BCUT2D eigenvalue weighted by Gasteiger charge is 2.33. The highest BCUT2D eigenvalue weighted by Crippen LogP contribution is 2.47. The zero-order valence-electron chi connectivity index (χ0n) is 21.4. The maximum atomic E-state index is 14.4. The van der Waals surface area contributed by atoms with Gasteiger partial charge >= 0.3 is 5.97 Å². The van der Waals surface area contributed by atoms with Crippen LogP contribution in [-0.2, 0) is 12.8 Å². The number of benzene rings is 3. The number of rotatable bonds is 7. The second-order valence-corrected chi connectivity index (χ2v) is 10.2. The quantitative estimate of drug-likeness (QED) is 0.241. The lowest BCUT2D eigenvalue weighted by Gasteiger charge is -2.36. The Morgan fingerprint density at radius 3 is 2.56 bits per heavy atom. The molecule has 39 heavy (non-hydrogen) atoms. The first-order valence-electron chi connectivity index (χ1n) is 13.3. The number of nitrogens with zero attached hydrogens (tertiary/aromatic N) is 2. The fourth-order valence-corrected chi connectivity index (χ4v) is 5.88. The van der Waals surface area contributed by atoms with Gasteiger partial charge in [0.15, 0.2) is 0 Å². The predicted molar refractivity (Wildman–Crippen MR) is 148 cm³/mol. The summed E-state index contributed by atoms with van der Waals surface area (Å²) in [6.45, 7) is 1.57. The van der Waals surface area contributed by atoms with E-state index in [1.165, 1.54) is 30.0 Å². The van der Waals surface area contributed by atoms with Crippen LogP contribution < -0.4 is 0 Å². The Balaban J connectivity index is 1.55. The van der Waals surface area contributed by atoms with Crippen LogP contribution in [0.3, 0.4) is 0 Å². The minimum absolute atomic E-state index is 0.0260. The van der Waals surface area contributed by atoms with Gasteiger partial charge in [0.05, 0.1) is 6.04 Å². The van der Waals surface area contributed by atoms with Crippen molar-refractivity contribution >= 4 is 27.7 Å². The molecule has 6 rings (SSSR count). The summed E-state index contributed by atoms with van der Waals surface area (Å²) >= 11 is 0. The first-order chi connectivity index (χ1) is 19.0. The van der Waals surface area contributed by atoms with Crippen molar-refractivity contribution in [2.45, 2.75) is 38.1 Å². The van der Waals surface area contributed by atoms with Gasteiger partial charge in [-0.15, -0.1) is 0 Å². The number of hydrogen-bond acceptors (Lipinski definition) is 5. The Bertz CT molecular complexity index is 1660. The molecule has 3 heterocycles. The number of piperidine rings is 1. The molecule has 0 spiro atoms. The number of carboxylic acids is 1. The third-order valence-corrected chi connectivity index (χ3v) is 7.73. The highest BCUT2D eigenvalue weighted by molar-refractivity contribution is 6.15. The zero-order chi connectivity index (χ0) is 26.9. The van der Waals surface area contributed by atoms with Crippen molar-refractivity contribution in [3.05, 3.63) is 107 Å². The monoisotopic (exact) mass is 524 g/mol. The molecule has 5 aromatic rings. The number of aryl methyl sites for hydroxylation is 2. The number of halogens is 1. The van der Waals surface area contributed by atoms with Crippen LogP contribution >= 0.6 is 0 Å². The molecular formula is C32H29FN2O4. The van der Waals surface area contributed by atoms with Crippen LogP contribution in [0.15, 0.2) is 77.5 Å². The van der Waals surface area contributed by atoms with Crippen LogP contribution in [-0.4, -0.2) is 39.2 Å². The molecule has 1 unspecified atom stereocenters. The molecule has 0 radical (unpaired) electrons. The van der Waals surface area contributed by atoms with Gasteiger partial charge in [-0.3, -0.25) is 9.88 Å². The number of aromatic carboxylic acids is 1. The van der Waals surface area contributed by atoms with E-state index in [0.29, 0.717) is 27.3 Å². The summed E-state index contributed by atoms with van der Waals surface area (Å²) in [6, 6.07) is 17.8. The summed E-state index contributed by atoms with van der Waals surface area (Å²) in [5.41, 5.74) is 3.76. The topological polar surface area (TPSA) is 86.8 Å². The van der Waals surface area contributed by atoms with Crippen molar-refractivity contribution in [2.24, 2.45) is 0 Å². The Hall–Kier alpha value is -4.23. The number of hydrogen-bond donors (Lipinski definition) is 2. The fourth-order valence-electron chi connectivity index (χ4n) is 5.88. The maximum Gasteiger partial charge on any atom is 0.339 e. The van der Waals surface area contributed by atoms with Crippen LogP contribution in [0.2, 0.25) is 0 Å². The molecule has 2 aromatic heterocycles. The minimum atomic E-state index is -1.15. The Morgan fingerprint density at radius 1 is 1.00 bits per heavy atom. The molecule has 1 saturated heterocycles. The van der Waals surface area contributed by atoms with E-state index < -0.39 is 17.8 Å². The molecule has 3 aromatic carbocycles. The maximum absolute atomic E-state index is 14.4. The molecule has 0 saturated carbocycles. The number of likely N-dealkylation sites (tertiary alicyclic amines) is 1. The van der Waals surface area contributed by atoms with Crippen molar-refractivity contribution in [1.29, 1.82) is 0 Å². The third kappa shape index (κ3) is 4.74. The molecular weight excluding hydrogens is 495 g/mol. The molecule has 0 bridgehead atoms. The number of aromatic hydroxyl groups is 1. The van der Waals surface area contributed by atoms with Crippen LogP contribution in [0.1, 0.15) is 58.0 Å². The molecule has 0 aliphatic carbocycles. The van der Waals surface area contributed by atoms with Crippen LogP contribution in [0.4, 0.5) is 4.39 Å². The van der Waals surface area contributed by atoms with E-state index in [0.717, 1.165) is 56.5 Å². The molecule has 1 atom stereocenters. The molecule has 2 N–H and O–H groups in total. The van der Waals surface area contributed by atoms with E-state index in [1.54, 1.807) is 6.20 Å². The Labute approximate surface area is 225 Å². The van der Waals surface area contributed by atoms with Crippen molar-refractivity contribution in [3.8, 4) is 5.75 Å². The Morgan fingerprint density at radius 2 is 1.79 bits per heavy atom. The number of carboxylic acid groups (broad SMARTS) is 1. The molecule has 198 valence electrons. The van der Waals surface area contributed by atoms with Crippen LogP contribution in [0.25, 0.3) is 21.7 Å². The number of carbonyl (C=O) groups is 1. The third-order valence-electron chi connectivity index (χ3n) is 7.73. The van der Waals surface area contributed by atoms with E-state index in [9.17, 15) is 19.4 Å². The summed E-state index contributed by atoms with van der Waals surface area (Å²) in [5, 5.41) is 22.9. The average molecular weight is 525 g/mol. The van der Waals surface area contributed by atoms with Gasteiger partial charge in [0.1, 0.15) is 29.0 Å². The molecule has 1 fully saturated rings. The summed E-state index contributed by atoms with van der Waals surface area (Å²) in [7, 11) is 0. The summed E-state index contributed by atoms with van der Waals surface area (Å²) in [4.78, 5) is 19.2. The van der Waals surface area contributed by atoms with Gasteiger partial charge in [0, 0.05) is 33.6 Å². The number of phenols is 1. The van der Waals surface area contributed by atoms with Gasteiger partial charge in [0.2, 0.25) is 0 Å². The fraction of sp³-hybridized carbons (Fsp3) is 0.250. The van der Waals surface area contributed by atoms with E-state index in [-0.39, 0.29) is 11.3 Å². The lowest BCUT2D eigenvalue weighted by molar-refractivity contribution is 0.0698. The van der Waals surface area contributed by atoms with Gasteiger partial charge in [-0.1, -0.05) is 36.8 Å². The molecule has 0 amide bonds. The average Bonchev–Trinajstić information content (AvgIpc) is 3.41. The Kier molecular flexibility index (Phi) is 6.75. The first kappa shape index (κ1) is 25.1. The van der Waals surface area contributed by atoms with Gasteiger partial charge in [-0.25, -0.2) is 9.18 Å². The summed E-state index contributed by atoms with van der Waals surface area (Å²) in [6.07, 6.45) is 7.65. The van der Waals surface area contributed by atoms with Gasteiger partial charge in [-0.2, -0.15) is 0 Å². The van der Waals surface area contributed by atoms with Crippen molar-refractivity contribution < 1.29 is 23.8 Å². The van der Waals surface area contributed by atoms with Crippen molar-refractivity contribution in [1.82, 2.24) is 9.88 Å². The lowest BCUT2D eigenvalue weighted by Crippen LogP contribution is -2.34. The smallest absolute Gasteiger partial charge is 0.339 e. The second-order valence-electron chi connectivity index (χ2n) is 10.2. The number of aromatic nitrogens is 1. The van der Waals surface area contributed by atoms with Crippen LogP contribution in [0.5, 0.6) is 5.75 Å². The molecule has 6 nitrogen and oxygen atoms in total. The molecule has 1 aliphatic rings. The number of phenolic OH excluding ortho intramolecular Hbond substituents is 1. The first-order valence-corrected chi connectivity index (χ1v) is 13.3. The van der Waals surface area contributed by atoms with E-state index in [4.69, 9.17) is 4.42 Å². The predicted octanol–water partition coefficient (Wildman–Crippen LogP) is 6.88. The largest absolute Gasteiger partial charge is 0.507 e. The minimum Gasteiger partial charge on any atom is -0.507 e. The molecule has 1 aliphatic heterocycles. The van der Waals surface area contributed by atoms with Crippen molar-refractivity contribution in [2.75, 3.05) is 13.1 Å². The lowest BCUT2D eigenvalue weighted by atomic mass is 9.88. The van der Waals surface area contributed by atoms with E-state index >= 15 is 0 Å². The normalized spacial score (nSPS) is 15.1. The van der Waals surface area contributed by atoms with Gasteiger partial charge < -0.3 is 14.6 Å². The SMILES string of the molecule is O=C(O)c1coc2c1c(C(c1ccnc(CCc3ccccc3)c1)N1CCCCC1)c(O)c1cc(F)ccc12. The van der Waals surface area contributed by atoms with Crippen LogP contribution in [0, 0.1) is 5.82 Å². The zero-order valence-corrected chi connectivity index (χ0v) is 21.4. The summed E-state index contributed by atoms with van der Waals surface area (Å²) < 4.78 is 20.2. The standard InChI is InChI=1S/C32H29FN2O4/c33-22-10-12-24-25(18-22)30(36)28(27-26(32(37)38)19-39-31(24)27)29(35-15-5-2-6-16-35)21-13-14-34-23(17-21)11-9-20-7-3-1-4-8-20/h1,3-4,7-8,10,12-14,17-19,29,36H,2,5-6,9,11,15-16H2,(H,37,38). The van der Waals surface area contributed by atoms with E-state index in [2.05, 4.69) is 22.0 Å². The second kappa shape index (κ2) is 10.5. The number of furan rings is 1. The summed E-state index contributed by atoms with van der Waals surface area (Å²) in [5.74, 6) is -1.76. The van der Waals surface area contributed by atoms with Gasteiger partial charge in [-0.05, 0) is 80.2 Å². The van der Waals surface area contributed by atoms with Crippen molar-refractivity contribution in [3.63, 3.8) is 0 Å². The number of pyridine rings is 1.